The first-order valence-corrected chi connectivity index (χ1v) is 5.07. The Balaban J connectivity index is 2.78. The maximum atomic E-state index is 11.7. The van der Waals surface area contributed by atoms with E-state index in [1.165, 1.54) is 31.3 Å². The summed E-state index contributed by atoms with van der Waals surface area (Å²) in [6, 6.07) is 5.82. The summed E-state index contributed by atoms with van der Waals surface area (Å²) < 4.78 is 1.05. The minimum atomic E-state index is -0.708. The predicted octanol–water partition coefficient (Wildman–Crippen LogP) is 0.742. The highest BCUT2D eigenvalue weighted by molar-refractivity contribution is 5.52. The summed E-state index contributed by atoms with van der Waals surface area (Å²) in [5.74, 6) is 0. The van der Waals surface area contributed by atoms with Crippen LogP contribution in [-0.4, -0.2) is 14.5 Å². The maximum absolute atomic E-state index is 11.7. The molecule has 7 heteroatoms. The van der Waals surface area contributed by atoms with Crippen molar-refractivity contribution in [3.05, 3.63) is 67.0 Å². The third kappa shape index (κ3) is 1.93. The molecule has 2 aromatic rings. The van der Waals surface area contributed by atoms with Crippen LogP contribution in [0, 0.1) is 17.0 Å². The van der Waals surface area contributed by atoms with Crippen LogP contribution in [0.1, 0.15) is 5.56 Å². The fraction of sp³-hybridized carbons (Fsp3) is 0.0909. The molecule has 0 aliphatic rings. The number of nitrogens with one attached hydrogen (secondary N) is 1. The van der Waals surface area contributed by atoms with E-state index < -0.39 is 16.2 Å². The van der Waals surface area contributed by atoms with E-state index in [9.17, 15) is 19.7 Å². The molecule has 0 unspecified atom stereocenters. The monoisotopic (exact) mass is 247 g/mol. The Labute approximate surface area is 100 Å². The Morgan fingerprint density at radius 1 is 1.28 bits per heavy atom. The lowest BCUT2D eigenvalue weighted by Gasteiger charge is -2.06. The number of aromatic nitrogens is 2. The minimum Gasteiger partial charge on any atom is -0.273 e. The third-order valence-electron chi connectivity index (χ3n) is 2.46. The molecule has 0 amide bonds. The Bertz CT molecular complexity index is 730. The summed E-state index contributed by atoms with van der Waals surface area (Å²) in [5, 5.41) is 10.9. The molecule has 1 aromatic carbocycles. The molecule has 0 fully saturated rings. The van der Waals surface area contributed by atoms with E-state index in [1.54, 1.807) is 6.07 Å². The van der Waals surface area contributed by atoms with Crippen molar-refractivity contribution in [2.75, 3.05) is 0 Å². The van der Waals surface area contributed by atoms with Crippen LogP contribution >= 0.6 is 0 Å². The first-order valence-electron chi connectivity index (χ1n) is 5.07. The van der Waals surface area contributed by atoms with Gasteiger partial charge in [0.1, 0.15) is 5.69 Å². The molecule has 7 nitrogen and oxygen atoms in total. The molecule has 0 aliphatic heterocycles. The van der Waals surface area contributed by atoms with Crippen LogP contribution in [-0.2, 0) is 0 Å². The number of hydrogen-bond acceptors (Lipinski definition) is 4. The van der Waals surface area contributed by atoms with E-state index in [0.717, 1.165) is 4.57 Å². The SMILES string of the molecule is Cc1cn(-c2ccccc2[N+](=O)[O-])c(=O)[nH]c1=O. The van der Waals surface area contributed by atoms with Gasteiger partial charge in [0.15, 0.2) is 0 Å². The number of nitrogens with zero attached hydrogens (tertiary/aromatic N) is 2. The van der Waals surface area contributed by atoms with Gasteiger partial charge in [-0.05, 0) is 13.0 Å². The highest BCUT2D eigenvalue weighted by atomic mass is 16.6. The van der Waals surface area contributed by atoms with Crippen molar-refractivity contribution >= 4 is 5.69 Å². The lowest BCUT2D eigenvalue weighted by atomic mass is 10.2. The van der Waals surface area contributed by atoms with Gasteiger partial charge in [0.05, 0.1) is 4.92 Å². The molecule has 0 saturated carbocycles. The molecule has 2 rings (SSSR count). The zero-order valence-corrected chi connectivity index (χ0v) is 9.41. The Hall–Kier alpha value is -2.70. The van der Waals surface area contributed by atoms with E-state index in [1.807, 2.05) is 0 Å². The highest BCUT2D eigenvalue weighted by Crippen LogP contribution is 2.20. The van der Waals surface area contributed by atoms with Crippen LogP contribution in [0.15, 0.2) is 40.1 Å². The van der Waals surface area contributed by atoms with E-state index in [0.29, 0.717) is 5.56 Å². The van der Waals surface area contributed by atoms with Gasteiger partial charge in [0, 0.05) is 17.8 Å². The van der Waals surface area contributed by atoms with Crippen LogP contribution in [0.25, 0.3) is 5.69 Å². The number of aromatic amines is 1. The largest absolute Gasteiger partial charge is 0.333 e. The lowest BCUT2D eigenvalue weighted by molar-refractivity contribution is -0.384. The summed E-state index contributed by atoms with van der Waals surface area (Å²) >= 11 is 0. The second-order valence-corrected chi connectivity index (χ2v) is 3.69. The summed E-state index contributed by atoms with van der Waals surface area (Å²) in [4.78, 5) is 35.3. The van der Waals surface area contributed by atoms with Crippen molar-refractivity contribution in [3.8, 4) is 5.69 Å². The molecule has 18 heavy (non-hydrogen) atoms. The van der Waals surface area contributed by atoms with E-state index >= 15 is 0 Å². The van der Waals surface area contributed by atoms with E-state index in [2.05, 4.69) is 4.98 Å². The highest BCUT2D eigenvalue weighted by Gasteiger charge is 2.15. The molecule has 92 valence electrons. The minimum absolute atomic E-state index is 0.117. The van der Waals surface area contributed by atoms with Crippen molar-refractivity contribution in [1.82, 2.24) is 9.55 Å². The van der Waals surface area contributed by atoms with Crippen molar-refractivity contribution in [1.29, 1.82) is 0 Å². The van der Waals surface area contributed by atoms with Crippen molar-refractivity contribution in [3.63, 3.8) is 0 Å². The third-order valence-corrected chi connectivity index (χ3v) is 2.46. The molecule has 1 aromatic heterocycles. The number of aryl methyl sites for hydroxylation is 1. The van der Waals surface area contributed by atoms with Crippen LogP contribution in [0.2, 0.25) is 0 Å². The van der Waals surface area contributed by atoms with Gasteiger partial charge in [0.2, 0.25) is 0 Å². The van der Waals surface area contributed by atoms with E-state index in [-0.39, 0.29) is 11.4 Å². The second kappa shape index (κ2) is 4.28. The maximum Gasteiger partial charge on any atom is 0.333 e. The van der Waals surface area contributed by atoms with Gasteiger partial charge in [-0.25, -0.2) is 4.79 Å². The molecule has 1 heterocycles. The fourth-order valence-electron chi connectivity index (χ4n) is 1.57. The number of rotatable bonds is 2. The molecule has 0 bridgehead atoms. The van der Waals surface area contributed by atoms with Gasteiger partial charge in [-0.3, -0.25) is 24.5 Å². The summed E-state index contributed by atoms with van der Waals surface area (Å²) in [6.45, 7) is 1.52. The van der Waals surface area contributed by atoms with Gasteiger partial charge in [-0.15, -0.1) is 0 Å². The van der Waals surface area contributed by atoms with Crippen LogP contribution in [0.4, 0.5) is 5.69 Å². The van der Waals surface area contributed by atoms with Gasteiger partial charge in [0.25, 0.3) is 11.2 Å². The zero-order valence-electron chi connectivity index (χ0n) is 9.41. The number of nitro benzene ring substituents is 1. The summed E-state index contributed by atoms with van der Waals surface area (Å²) in [6.07, 6.45) is 1.28. The molecule has 0 spiro atoms. The van der Waals surface area contributed by atoms with Crippen molar-refractivity contribution < 1.29 is 4.92 Å². The zero-order chi connectivity index (χ0) is 13.3. The molecule has 0 aliphatic carbocycles. The molecular formula is C11H9N3O4. The average molecular weight is 247 g/mol. The molecule has 0 atom stereocenters. The van der Waals surface area contributed by atoms with Gasteiger partial charge in [-0.2, -0.15) is 0 Å². The van der Waals surface area contributed by atoms with Gasteiger partial charge in [-0.1, -0.05) is 12.1 Å². The standard InChI is InChI=1S/C11H9N3O4/c1-7-6-13(11(16)12-10(7)15)8-4-2-3-5-9(8)14(17)18/h2-6H,1H3,(H,12,15,16). The Morgan fingerprint density at radius 2 is 1.94 bits per heavy atom. The van der Waals surface area contributed by atoms with Crippen LogP contribution < -0.4 is 11.2 Å². The smallest absolute Gasteiger partial charge is 0.273 e. The van der Waals surface area contributed by atoms with Crippen molar-refractivity contribution in [2.24, 2.45) is 0 Å². The molecule has 0 radical (unpaired) electrons. The fourth-order valence-corrected chi connectivity index (χ4v) is 1.57. The molecular weight excluding hydrogens is 238 g/mol. The van der Waals surface area contributed by atoms with Crippen LogP contribution in [0.3, 0.4) is 0 Å². The number of para-hydroxylation sites is 2. The lowest BCUT2D eigenvalue weighted by Crippen LogP contribution is -2.30. The second-order valence-electron chi connectivity index (χ2n) is 3.69. The normalized spacial score (nSPS) is 10.3. The average Bonchev–Trinajstić information content (AvgIpc) is 2.34. The number of nitro groups is 1. The number of H-pyrrole nitrogens is 1. The quantitative estimate of drug-likeness (QED) is 0.625. The van der Waals surface area contributed by atoms with E-state index in [4.69, 9.17) is 0 Å². The Kier molecular flexibility index (Phi) is 2.80. The first-order chi connectivity index (χ1) is 8.50. The summed E-state index contributed by atoms with van der Waals surface area (Å²) in [7, 11) is 0. The Morgan fingerprint density at radius 3 is 2.61 bits per heavy atom. The molecule has 0 saturated heterocycles. The number of hydrogen-bond donors (Lipinski definition) is 1. The topological polar surface area (TPSA) is 98.0 Å². The van der Waals surface area contributed by atoms with Gasteiger partial charge >= 0.3 is 5.69 Å². The summed E-state index contributed by atoms with van der Waals surface area (Å²) in [5.41, 5.74) is -1.000. The van der Waals surface area contributed by atoms with Gasteiger partial charge < -0.3 is 0 Å². The molecule has 1 N–H and O–H groups in total. The van der Waals surface area contributed by atoms with Crippen LogP contribution in [0.5, 0.6) is 0 Å². The number of benzene rings is 1. The van der Waals surface area contributed by atoms with Crippen molar-refractivity contribution in [2.45, 2.75) is 6.92 Å². The first kappa shape index (κ1) is 11.8. The predicted molar refractivity (Wildman–Crippen MR) is 64.1 cm³/mol.